The average molecular weight is 558 g/mol. The van der Waals surface area contributed by atoms with Gasteiger partial charge >= 0.3 is 5.97 Å². The van der Waals surface area contributed by atoms with Crippen molar-refractivity contribution in [1.29, 1.82) is 0 Å². The third kappa shape index (κ3) is 5.24. The number of rotatable bonds is 9. The number of benzene rings is 2. The van der Waals surface area contributed by atoms with E-state index < -0.39 is 5.97 Å². The van der Waals surface area contributed by atoms with Gasteiger partial charge in [-0.2, -0.15) is 0 Å². The molecule has 11 heteroatoms. The molecule has 2 aromatic carbocycles. The fraction of sp³-hybridized carbons (Fsp3) is 0.172. The molecule has 0 spiro atoms. The number of amides is 1. The van der Waals surface area contributed by atoms with Crippen molar-refractivity contribution in [1.82, 2.24) is 14.9 Å². The maximum atomic E-state index is 12.3. The van der Waals surface area contributed by atoms with Gasteiger partial charge < -0.3 is 34.7 Å². The molecule has 0 unspecified atom stereocenters. The quantitative estimate of drug-likeness (QED) is 0.258. The Morgan fingerprint density at radius 3 is 2.50 bits per heavy atom. The van der Waals surface area contributed by atoms with Crippen LogP contribution in [0.25, 0.3) is 5.69 Å². The zero-order valence-electron chi connectivity index (χ0n) is 21.8. The molecule has 0 bridgehead atoms. The van der Waals surface area contributed by atoms with Crippen LogP contribution in [0.4, 0.5) is 11.4 Å². The number of aromatic nitrogens is 2. The van der Waals surface area contributed by atoms with Crippen LogP contribution in [-0.4, -0.2) is 52.5 Å². The molecule has 1 aliphatic rings. The van der Waals surface area contributed by atoms with Crippen molar-refractivity contribution >= 4 is 40.6 Å². The Balaban J connectivity index is 1.62. The highest BCUT2D eigenvalue weighted by Gasteiger charge is 2.42. The van der Waals surface area contributed by atoms with Gasteiger partial charge in [-0.25, -0.2) is 4.79 Å². The maximum absolute atomic E-state index is 12.3. The van der Waals surface area contributed by atoms with Gasteiger partial charge in [-0.15, -0.1) is 0 Å². The van der Waals surface area contributed by atoms with Crippen molar-refractivity contribution in [3.8, 4) is 11.4 Å². The number of thiocarbonyl (C=S) groups is 1. The summed E-state index contributed by atoms with van der Waals surface area (Å²) in [5.41, 5.74) is 3.90. The van der Waals surface area contributed by atoms with E-state index in [1.165, 1.54) is 14.2 Å². The number of hydrogen-bond donors (Lipinski definition) is 3. The number of anilines is 2. The third-order valence-electron chi connectivity index (χ3n) is 6.58. The number of nitrogens with one attached hydrogen (secondary N) is 2. The number of ether oxygens (including phenoxy) is 2. The van der Waals surface area contributed by atoms with E-state index in [4.69, 9.17) is 21.7 Å². The molecule has 1 aliphatic heterocycles. The Morgan fingerprint density at radius 2 is 1.82 bits per heavy atom. The lowest BCUT2D eigenvalue weighted by Gasteiger charge is -2.29. The lowest BCUT2D eigenvalue weighted by atomic mass is 10.0. The van der Waals surface area contributed by atoms with Crippen molar-refractivity contribution in [3.63, 3.8) is 0 Å². The molecule has 4 aromatic rings. The van der Waals surface area contributed by atoms with Crippen LogP contribution in [0.3, 0.4) is 0 Å². The van der Waals surface area contributed by atoms with E-state index in [0.717, 1.165) is 22.8 Å². The molecule has 0 radical (unpaired) electrons. The standard InChI is InChI=1S/C29H27N5O5S/c1-38-17-25(35)31-22-16-20(12-13-24(22)39-2)34-27(26(32-29(34)40)21-6-3-4-14-30-21)23-7-5-15-33(23)19-10-8-18(9-11-19)28(36)37/h3-16,26-27H,17H2,1-2H3,(H,31,35)(H,32,40)(H,36,37)/t26-,27-/m0/s1. The number of carboxylic acid groups (broad SMARTS) is 1. The first-order valence-electron chi connectivity index (χ1n) is 12.4. The first-order valence-corrected chi connectivity index (χ1v) is 12.8. The average Bonchev–Trinajstić information content (AvgIpc) is 3.58. The zero-order chi connectivity index (χ0) is 28.2. The first kappa shape index (κ1) is 26.9. The van der Waals surface area contributed by atoms with Crippen LogP contribution >= 0.6 is 12.2 Å². The summed E-state index contributed by atoms with van der Waals surface area (Å²) in [6.07, 6.45) is 3.66. The van der Waals surface area contributed by atoms with Gasteiger partial charge in [0, 0.05) is 36.6 Å². The summed E-state index contributed by atoms with van der Waals surface area (Å²) >= 11 is 5.86. The van der Waals surface area contributed by atoms with Crippen LogP contribution in [-0.2, 0) is 9.53 Å². The van der Waals surface area contributed by atoms with Gasteiger partial charge in [-0.1, -0.05) is 6.07 Å². The van der Waals surface area contributed by atoms with Crippen LogP contribution in [0, 0.1) is 0 Å². The number of methoxy groups -OCH3 is 2. The molecule has 0 saturated carbocycles. The molecule has 2 atom stereocenters. The predicted molar refractivity (Wildman–Crippen MR) is 154 cm³/mol. The molecule has 1 saturated heterocycles. The van der Waals surface area contributed by atoms with Crippen LogP contribution in [0.5, 0.6) is 5.75 Å². The fourth-order valence-electron chi connectivity index (χ4n) is 4.83. The van der Waals surface area contributed by atoms with Gasteiger partial charge in [-0.05, 0) is 78.9 Å². The predicted octanol–water partition coefficient (Wildman–Crippen LogP) is 4.34. The summed E-state index contributed by atoms with van der Waals surface area (Å²) in [4.78, 5) is 30.3. The van der Waals surface area contributed by atoms with Gasteiger partial charge in [-0.3, -0.25) is 9.78 Å². The van der Waals surface area contributed by atoms with Gasteiger partial charge in [0.05, 0.1) is 30.1 Å². The molecule has 10 nitrogen and oxygen atoms in total. The monoisotopic (exact) mass is 557 g/mol. The van der Waals surface area contributed by atoms with Gasteiger partial charge in [0.25, 0.3) is 0 Å². The Bertz CT molecular complexity index is 1540. The molecular weight excluding hydrogens is 530 g/mol. The summed E-state index contributed by atoms with van der Waals surface area (Å²) in [7, 11) is 2.99. The van der Waals surface area contributed by atoms with Gasteiger partial charge in [0.15, 0.2) is 5.11 Å². The smallest absolute Gasteiger partial charge is 0.335 e. The molecule has 2 aromatic heterocycles. The Morgan fingerprint density at radius 1 is 1.05 bits per heavy atom. The van der Waals surface area contributed by atoms with Crippen LogP contribution in [0.1, 0.15) is 33.8 Å². The SMILES string of the molecule is COCC(=O)Nc1cc(N2C(=S)N[C@@H](c3ccccn3)[C@@H]2c2cccn2-c2ccc(C(=O)O)cc2)ccc1OC. The second kappa shape index (κ2) is 11.6. The molecular formula is C29H27N5O5S. The Hall–Kier alpha value is -4.74. The molecule has 1 fully saturated rings. The van der Waals surface area contributed by atoms with Crippen molar-refractivity contribution in [2.24, 2.45) is 0 Å². The number of aromatic carboxylic acids is 1. The first-order chi connectivity index (χ1) is 19.4. The minimum atomic E-state index is -0.987. The molecule has 3 heterocycles. The molecule has 0 aliphatic carbocycles. The molecule has 204 valence electrons. The lowest BCUT2D eigenvalue weighted by Crippen LogP contribution is -2.30. The summed E-state index contributed by atoms with van der Waals surface area (Å²) in [5, 5.41) is 16.1. The van der Waals surface area contributed by atoms with Crippen LogP contribution in [0.15, 0.2) is 85.2 Å². The van der Waals surface area contributed by atoms with Gasteiger partial charge in [0.2, 0.25) is 5.91 Å². The highest BCUT2D eigenvalue weighted by Crippen LogP contribution is 2.43. The largest absolute Gasteiger partial charge is 0.495 e. The van der Waals surface area contributed by atoms with E-state index in [1.807, 2.05) is 58.1 Å². The third-order valence-corrected chi connectivity index (χ3v) is 6.90. The van der Waals surface area contributed by atoms with Crippen molar-refractivity contribution in [3.05, 3.63) is 102 Å². The van der Waals surface area contributed by atoms with Crippen molar-refractivity contribution in [2.45, 2.75) is 12.1 Å². The van der Waals surface area contributed by atoms with Crippen molar-refractivity contribution in [2.75, 3.05) is 31.0 Å². The summed E-state index contributed by atoms with van der Waals surface area (Å²) in [5.74, 6) is -0.813. The highest BCUT2D eigenvalue weighted by atomic mass is 32.1. The van der Waals surface area contributed by atoms with E-state index in [1.54, 1.807) is 36.5 Å². The number of hydrogen-bond acceptors (Lipinski definition) is 6. The summed E-state index contributed by atoms with van der Waals surface area (Å²) in [6.45, 7) is -0.102. The number of carboxylic acids is 1. The Labute approximate surface area is 236 Å². The molecule has 1 amide bonds. The molecule has 3 N–H and O–H groups in total. The normalized spacial score (nSPS) is 16.4. The van der Waals surface area contributed by atoms with E-state index in [9.17, 15) is 14.7 Å². The van der Waals surface area contributed by atoms with Crippen LogP contribution in [0.2, 0.25) is 0 Å². The number of nitrogens with zero attached hydrogens (tertiary/aromatic N) is 3. The number of pyridine rings is 1. The van der Waals surface area contributed by atoms with E-state index in [2.05, 4.69) is 15.6 Å². The molecule has 5 rings (SSSR count). The number of carbonyl (C=O) groups is 2. The maximum Gasteiger partial charge on any atom is 0.335 e. The highest BCUT2D eigenvalue weighted by molar-refractivity contribution is 7.80. The fourth-order valence-corrected chi connectivity index (χ4v) is 5.18. The Kier molecular flexibility index (Phi) is 7.76. The second-order valence-electron chi connectivity index (χ2n) is 9.02. The van der Waals surface area contributed by atoms with E-state index in [-0.39, 0.29) is 30.2 Å². The summed E-state index contributed by atoms with van der Waals surface area (Å²) < 4.78 is 12.4. The van der Waals surface area contributed by atoms with E-state index in [0.29, 0.717) is 16.5 Å². The lowest BCUT2D eigenvalue weighted by molar-refractivity contribution is -0.119. The molecule has 40 heavy (non-hydrogen) atoms. The minimum Gasteiger partial charge on any atom is -0.495 e. The van der Waals surface area contributed by atoms with Crippen LogP contribution < -0.4 is 20.3 Å². The topological polar surface area (TPSA) is 118 Å². The van der Waals surface area contributed by atoms with Crippen molar-refractivity contribution < 1.29 is 24.2 Å². The van der Waals surface area contributed by atoms with E-state index >= 15 is 0 Å². The number of carbonyl (C=O) groups excluding carboxylic acids is 1. The minimum absolute atomic E-state index is 0.102. The second-order valence-corrected chi connectivity index (χ2v) is 9.40. The van der Waals surface area contributed by atoms with Gasteiger partial charge in [0.1, 0.15) is 18.4 Å². The summed E-state index contributed by atoms with van der Waals surface area (Å²) in [6, 6.07) is 21.1. The zero-order valence-corrected chi connectivity index (χ0v) is 22.6.